The molecule has 3 nitrogen and oxygen atoms in total. The summed E-state index contributed by atoms with van der Waals surface area (Å²) in [5.74, 6) is 0.457. The summed E-state index contributed by atoms with van der Waals surface area (Å²) in [6, 6.07) is 3.19. The van der Waals surface area contributed by atoms with Crippen LogP contribution in [0.15, 0.2) is 12.1 Å². The molecule has 0 saturated heterocycles. The van der Waals surface area contributed by atoms with Crippen molar-refractivity contribution >= 4 is 0 Å². The third-order valence-electron chi connectivity index (χ3n) is 2.83. The highest BCUT2D eigenvalue weighted by Gasteiger charge is 2.38. The fourth-order valence-corrected chi connectivity index (χ4v) is 1.58. The monoisotopic (exact) mass is 193 g/mol. The average Bonchev–Trinajstić information content (AvgIpc) is 2.80. The van der Waals surface area contributed by atoms with Crippen LogP contribution in [0.25, 0.3) is 0 Å². The Morgan fingerprint density at radius 3 is 2.50 bits per heavy atom. The number of hydrogen-bond donors (Lipinski definition) is 3. The highest BCUT2D eigenvalue weighted by atomic mass is 16.3. The molecule has 0 heterocycles. The van der Waals surface area contributed by atoms with Crippen LogP contribution in [0.1, 0.15) is 24.0 Å². The van der Waals surface area contributed by atoms with Gasteiger partial charge < -0.3 is 15.9 Å². The van der Waals surface area contributed by atoms with Gasteiger partial charge >= 0.3 is 0 Å². The van der Waals surface area contributed by atoms with E-state index in [1.54, 1.807) is 19.1 Å². The fraction of sp³-hybridized carbons (Fsp3) is 0.455. The van der Waals surface area contributed by atoms with Crippen molar-refractivity contribution in [3.05, 3.63) is 23.3 Å². The van der Waals surface area contributed by atoms with Crippen molar-refractivity contribution in [2.24, 2.45) is 5.73 Å². The SMILES string of the molecule is Cc1cc(O)c(CC2(N)CC2)cc1O. The molecule has 1 aliphatic rings. The molecule has 0 aliphatic heterocycles. The maximum atomic E-state index is 9.64. The van der Waals surface area contributed by atoms with Gasteiger partial charge in [0.05, 0.1) is 0 Å². The zero-order valence-corrected chi connectivity index (χ0v) is 8.25. The molecule has 1 aromatic rings. The van der Waals surface area contributed by atoms with Crippen LogP contribution >= 0.6 is 0 Å². The molecule has 0 bridgehead atoms. The van der Waals surface area contributed by atoms with Crippen LogP contribution in [-0.2, 0) is 6.42 Å². The van der Waals surface area contributed by atoms with E-state index in [9.17, 15) is 10.2 Å². The molecular weight excluding hydrogens is 178 g/mol. The van der Waals surface area contributed by atoms with Crippen LogP contribution in [-0.4, -0.2) is 15.8 Å². The molecule has 4 N–H and O–H groups in total. The second-order valence-corrected chi connectivity index (χ2v) is 4.31. The molecule has 1 aliphatic carbocycles. The van der Waals surface area contributed by atoms with E-state index in [1.165, 1.54) is 0 Å². The summed E-state index contributed by atoms with van der Waals surface area (Å²) in [7, 11) is 0. The number of phenols is 2. The molecule has 14 heavy (non-hydrogen) atoms. The molecule has 0 spiro atoms. The first kappa shape index (κ1) is 9.34. The molecule has 0 radical (unpaired) electrons. The molecule has 1 aromatic carbocycles. The second-order valence-electron chi connectivity index (χ2n) is 4.31. The summed E-state index contributed by atoms with van der Waals surface area (Å²) in [5.41, 5.74) is 7.23. The first-order valence-corrected chi connectivity index (χ1v) is 4.80. The summed E-state index contributed by atoms with van der Waals surface area (Å²) >= 11 is 0. The lowest BCUT2D eigenvalue weighted by atomic mass is 10.0. The van der Waals surface area contributed by atoms with Gasteiger partial charge in [-0.05, 0) is 49.4 Å². The van der Waals surface area contributed by atoms with Crippen LogP contribution in [0, 0.1) is 6.92 Å². The quantitative estimate of drug-likeness (QED) is 0.622. The lowest BCUT2D eigenvalue weighted by Crippen LogP contribution is -2.24. The second kappa shape index (κ2) is 2.89. The van der Waals surface area contributed by atoms with Gasteiger partial charge in [0.2, 0.25) is 0 Å². The van der Waals surface area contributed by atoms with Crippen molar-refractivity contribution in [3.8, 4) is 11.5 Å². The summed E-state index contributed by atoms with van der Waals surface area (Å²) in [5, 5.41) is 19.1. The summed E-state index contributed by atoms with van der Waals surface area (Å²) in [4.78, 5) is 0. The Morgan fingerprint density at radius 2 is 1.93 bits per heavy atom. The third-order valence-corrected chi connectivity index (χ3v) is 2.83. The molecule has 1 saturated carbocycles. The van der Waals surface area contributed by atoms with Gasteiger partial charge in [-0.3, -0.25) is 0 Å². The molecule has 0 aromatic heterocycles. The smallest absolute Gasteiger partial charge is 0.119 e. The van der Waals surface area contributed by atoms with Crippen LogP contribution in [0.5, 0.6) is 11.5 Å². The Balaban J connectivity index is 2.29. The first-order valence-electron chi connectivity index (χ1n) is 4.80. The van der Waals surface area contributed by atoms with E-state index in [1.807, 2.05) is 0 Å². The number of aryl methyl sites for hydroxylation is 1. The standard InChI is InChI=1S/C11H15NO2/c1-7-4-10(14)8(5-9(7)13)6-11(12)2-3-11/h4-5,13-14H,2-3,6,12H2,1H3. The molecule has 0 atom stereocenters. The van der Waals surface area contributed by atoms with Crippen molar-refractivity contribution in [1.29, 1.82) is 0 Å². The largest absolute Gasteiger partial charge is 0.508 e. The topological polar surface area (TPSA) is 66.5 Å². The van der Waals surface area contributed by atoms with Crippen molar-refractivity contribution < 1.29 is 10.2 Å². The number of benzene rings is 1. The first-order chi connectivity index (χ1) is 6.50. The molecule has 3 heteroatoms. The highest BCUT2D eigenvalue weighted by molar-refractivity contribution is 5.45. The van der Waals surface area contributed by atoms with Crippen molar-refractivity contribution in [3.63, 3.8) is 0 Å². The average molecular weight is 193 g/mol. The molecular formula is C11H15NO2. The van der Waals surface area contributed by atoms with Crippen LogP contribution < -0.4 is 5.73 Å². The van der Waals surface area contributed by atoms with E-state index in [2.05, 4.69) is 0 Å². The Kier molecular flexibility index (Phi) is 1.93. The Hall–Kier alpha value is -1.22. The Bertz CT molecular complexity index is 370. The summed E-state index contributed by atoms with van der Waals surface area (Å²) in [6.07, 6.45) is 2.65. The lowest BCUT2D eigenvalue weighted by molar-refractivity contribution is 0.447. The van der Waals surface area contributed by atoms with E-state index in [0.29, 0.717) is 12.0 Å². The third kappa shape index (κ3) is 1.68. The van der Waals surface area contributed by atoms with E-state index in [-0.39, 0.29) is 17.0 Å². The van der Waals surface area contributed by atoms with Gasteiger partial charge in [-0.25, -0.2) is 0 Å². The number of aromatic hydroxyl groups is 2. The molecule has 2 rings (SSSR count). The molecule has 0 unspecified atom stereocenters. The van der Waals surface area contributed by atoms with E-state index in [0.717, 1.165) is 18.4 Å². The highest BCUT2D eigenvalue weighted by Crippen LogP contribution is 2.38. The Labute approximate surface area is 83.2 Å². The molecule has 76 valence electrons. The van der Waals surface area contributed by atoms with Gasteiger partial charge in [-0.1, -0.05) is 0 Å². The van der Waals surface area contributed by atoms with Gasteiger partial charge in [-0.2, -0.15) is 0 Å². The van der Waals surface area contributed by atoms with Gasteiger partial charge in [0, 0.05) is 5.54 Å². The van der Waals surface area contributed by atoms with Gasteiger partial charge in [0.25, 0.3) is 0 Å². The van der Waals surface area contributed by atoms with Crippen LogP contribution in [0.2, 0.25) is 0 Å². The predicted molar refractivity (Wildman–Crippen MR) is 54.4 cm³/mol. The number of phenolic OH excluding ortho intramolecular Hbond substituents is 2. The zero-order valence-electron chi connectivity index (χ0n) is 8.25. The zero-order chi connectivity index (χ0) is 10.3. The maximum Gasteiger partial charge on any atom is 0.119 e. The van der Waals surface area contributed by atoms with Gasteiger partial charge in [0.15, 0.2) is 0 Å². The number of nitrogens with two attached hydrogens (primary N) is 1. The van der Waals surface area contributed by atoms with Gasteiger partial charge in [-0.15, -0.1) is 0 Å². The van der Waals surface area contributed by atoms with E-state index in [4.69, 9.17) is 5.73 Å². The minimum Gasteiger partial charge on any atom is -0.508 e. The van der Waals surface area contributed by atoms with Crippen LogP contribution in [0.3, 0.4) is 0 Å². The maximum absolute atomic E-state index is 9.64. The van der Waals surface area contributed by atoms with Crippen molar-refractivity contribution in [1.82, 2.24) is 0 Å². The fourth-order valence-electron chi connectivity index (χ4n) is 1.58. The Morgan fingerprint density at radius 1 is 1.29 bits per heavy atom. The van der Waals surface area contributed by atoms with E-state index < -0.39 is 0 Å². The van der Waals surface area contributed by atoms with E-state index >= 15 is 0 Å². The predicted octanol–water partition coefficient (Wildman–Crippen LogP) is 1.44. The van der Waals surface area contributed by atoms with Crippen LogP contribution in [0.4, 0.5) is 0 Å². The summed E-state index contributed by atoms with van der Waals surface area (Å²) < 4.78 is 0. The summed E-state index contributed by atoms with van der Waals surface area (Å²) in [6.45, 7) is 1.76. The van der Waals surface area contributed by atoms with Crippen molar-refractivity contribution in [2.75, 3.05) is 0 Å². The molecule has 0 amide bonds. The minimum atomic E-state index is -0.140. The molecule has 1 fully saturated rings. The lowest BCUT2D eigenvalue weighted by Gasteiger charge is -2.11. The number of rotatable bonds is 2. The minimum absolute atomic E-state index is 0.140. The van der Waals surface area contributed by atoms with Gasteiger partial charge in [0.1, 0.15) is 11.5 Å². The normalized spacial score (nSPS) is 18.1. The number of hydrogen-bond acceptors (Lipinski definition) is 3. The van der Waals surface area contributed by atoms with Crippen molar-refractivity contribution in [2.45, 2.75) is 31.7 Å².